The molecular weight excluding hydrogens is 234 g/mol. The van der Waals surface area contributed by atoms with Gasteiger partial charge in [-0.05, 0) is 37.3 Å². The maximum absolute atomic E-state index is 11.0. The van der Waals surface area contributed by atoms with Crippen molar-refractivity contribution in [2.24, 2.45) is 5.92 Å². The molecule has 1 aliphatic carbocycles. The lowest BCUT2D eigenvalue weighted by molar-refractivity contribution is -0.0218. The van der Waals surface area contributed by atoms with Crippen molar-refractivity contribution >= 4 is 10.9 Å². The summed E-state index contributed by atoms with van der Waals surface area (Å²) in [5.41, 5.74) is 1.32. The minimum atomic E-state index is -0.671. The van der Waals surface area contributed by atoms with Crippen LogP contribution in [0.3, 0.4) is 0 Å². The first-order chi connectivity index (χ1) is 9.21. The van der Waals surface area contributed by atoms with E-state index in [1.54, 1.807) is 0 Å². The van der Waals surface area contributed by atoms with Gasteiger partial charge in [-0.1, -0.05) is 38.0 Å². The molecular formula is C17H21NO. The van der Waals surface area contributed by atoms with E-state index in [9.17, 15) is 5.11 Å². The summed E-state index contributed by atoms with van der Waals surface area (Å²) in [4.78, 5) is 4.49. The monoisotopic (exact) mass is 255 g/mol. The second kappa shape index (κ2) is 4.93. The molecule has 1 fully saturated rings. The number of benzene rings is 1. The molecule has 19 heavy (non-hydrogen) atoms. The molecule has 0 radical (unpaired) electrons. The lowest BCUT2D eigenvalue weighted by Crippen LogP contribution is -2.32. The molecule has 0 spiro atoms. The number of para-hydroxylation sites is 1. The molecule has 3 rings (SSSR count). The van der Waals surface area contributed by atoms with E-state index in [4.69, 9.17) is 0 Å². The van der Waals surface area contributed by atoms with E-state index in [0.717, 1.165) is 42.1 Å². The van der Waals surface area contributed by atoms with E-state index in [0.29, 0.717) is 5.92 Å². The highest BCUT2D eigenvalue weighted by atomic mass is 16.3. The summed E-state index contributed by atoms with van der Waals surface area (Å²) in [6, 6.07) is 10.2. The number of pyridine rings is 1. The van der Waals surface area contributed by atoms with E-state index in [1.165, 1.54) is 6.42 Å². The molecule has 0 saturated heterocycles. The van der Waals surface area contributed by atoms with Crippen LogP contribution in [0.4, 0.5) is 0 Å². The highest BCUT2D eigenvalue weighted by molar-refractivity contribution is 5.78. The van der Waals surface area contributed by atoms with E-state index in [2.05, 4.69) is 24.0 Å². The summed E-state index contributed by atoms with van der Waals surface area (Å²) >= 11 is 0. The molecule has 1 aromatic heterocycles. The maximum atomic E-state index is 11.0. The van der Waals surface area contributed by atoms with Crippen LogP contribution in [-0.2, 0) is 5.60 Å². The van der Waals surface area contributed by atoms with Crippen molar-refractivity contribution in [2.75, 3.05) is 0 Å². The zero-order valence-electron chi connectivity index (χ0n) is 11.5. The summed E-state index contributed by atoms with van der Waals surface area (Å²) in [6.07, 6.45) is 7.12. The Labute approximate surface area is 114 Å². The molecule has 2 atom stereocenters. The van der Waals surface area contributed by atoms with Crippen molar-refractivity contribution in [3.63, 3.8) is 0 Å². The summed E-state index contributed by atoms with van der Waals surface area (Å²) < 4.78 is 0. The van der Waals surface area contributed by atoms with Crippen LogP contribution in [-0.4, -0.2) is 10.1 Å². The first kappa shape index (κ1) is 12.6. The molecule has 0 aliphatic heterocycles. The Bertz CT molecular complexity index is 580. The standard InChI is InChI=1S/C17H21NO/c1-2-13-6-5-9-17(19,11-13)15-10-14-7-3-4-8-16(14)18-12-15/h3-4,7-8,10,12-13,19H,2,5-6,9,11H2,1H3. The second-order valence-corrected chi connectivity index (χ2v) is 5.82. The molecule has 2 heteroatoms. The zero-order chi connectivity index (χ0) is 13.3. The minimum Gasteiger partial charge on any atom is -0.385 e. The predicted molar refractivity (Wildman–Crippen MR) is 77.9 cm³/mol. The van der Waals surface area contributed by atoms with Gasteiger partial charge in [0.05, 0.1) is 11.1 Å². The lowest BCUT2D eigenvalue weighted by atomic mass is 9.74. The molecule has 100 valence electrons. The number of fused-ring (bicyclic) bond motifs is 1. The molecule has 1 heterocycles. The molecule has 0 bridgehead atoms. The fourth-order valence-electron chi connectivity index (χ4n) is 3.30. The van der Waals surface area contributed by atoms with Gasteiger partial charge in [0.2, 0.25) is 0 Å². The van der Waals surface area contributed by atoms with Crippen molar-refractivity contribution in [3.8, 4) is 0 Å². The molecule has 2 unspecified atom stereocenters. The largest absolute Gasteiger partial charge is 0.385 e. The second-order valence-electron chi connectivity index (χ2n) is 5.82. The number of hydrogen-bond acceptors (Lipinski definition) is 2. The smallest absolute Gasteiger partial charge is 0.0914 e. The number of nitrogens with zero attached hydrogens (tertiary/aromatic N) is 1. The van der Waals surface area contributed by atoms with Crippen LogP contribution >= 0.6 is 0 Å². The number of hydrogen-bond donors (Lipinski definition) is 1. The SMILES string of the molecule is CCC1CCCC(O)(c2cnc3ccccc3c2)C1. The Hall–Kier alpha value is -1.41. The van der Waals surface area contributed by atoms with Crippen LogP contribution in [0.25, 0.3) is 10.9 Å². The Balaban J connectivity index is 1.98. The highest BCUT2D eigenvalue weighted by Crippen LogP contribution is 2.41. The third kappa shape index (κ3) is 2.37. The lowest BCUT2D eigenvalue weighted by Gasteiger charge is -2.36. The van der Waals surface area contributed by atoms with Gasteiger partial charge in [0.15, 0.2) is 0 Å². The molecule has 1 saturated carbocycles. The van der Waals surface area contributed by atoms with Crippen LogP contribution in [0, 0.1) is 5.92 Å². The highest BCUT2D eigenvalue weighted by Gasteiger charge is 2.35. The van der Waals surface area contributed by atoms with Crippen molar-refractivity contribution < 1.29 is 5.11 Å². The van der Waals surface area contributed by atoms with Gasteiger partial charge in [0.25, 0.3) is 0 Å². The Morgan fingerprint density at radius 3 is 3.05 bits per heavy atom. The molecule has 2 nitrogen and oxygen atoms in total. The predicted octanol–water partition coefficient (Wildman–Crippen LogP) is 4.02. The van der Waals surface area contributed by atoms with Gasteiger partial charge in [-0.2, -0.15) is 0 Å². The maximum Gasteiger partial charge on any atom is 0.0914 e. The topological polar surface area (TPSA) is 33.1 Å². The van der Waals surface area contributed by atoms with Gasteiger partial charge in [-0.3, -0.25) is 4.98 Å². The summed E-state index contributed by atoms with van der Waals surface area (Å²) in [7, 11) is 0. The first-order valence-corrected chi connectivity index (χ1v) is 7.29. The van der Waals surface area contributed by atoms with Crippen molar-refractivity contribution in [2.45, 2.75) is 44.6 Å². The first-order valence-electron chi connectivity index (χ1n) is 7.29. The molecule has 2 aromatic rings. The number of aromatic nitrogens is 1. The fourth-order valence-corrected chi connectivity index (χ4v) is 3.30. The van der Waals surface area contributed by atoms with Gasteiger partial charge in [-0.25, -0.2) is 0 Å². The average Bonchev–Trinajstić information content (AvgIpc) is 2.46. The third-order valence-electron chi connectivity index (χ3n) is 4.53. The van der Waals surface area contributed by atoms with E-state index in [1.807, 2.05) is 24.4 Å². The Morgan fingerprint density at radius 1 is 1.37 bits per heavy atom. The van der Waals surface area contributed by atoms with E-state index >= 15 is 0 Å². The molecule has 1 N–H and O–H groups in total. The van der Waals surface area contributed by atoms with Crippen molar-refractivity contribution in [1.29, 1.82) is 0 Å². The van der Waals surface area contributed by atoms with Crippen LogP contribution < -0.4 is 0 Å². The van der Waals surface area contributed by atoms with Crippen LogP contribution in [0.5, 0.6) is 0 Å². The quantitative estimate of drug-likeness (QED) is 0.879. The van der Waals surface area contributed by atoms with Gasteiger partial charge in [0.1, 0.15) is 0 Å². The average molecular weight is 255 g/mol. The third-order valence-corrected chi connectivity index (χ3v) is 4.53. The molecule has 1 aliphatic rings. The van der Waals surface area contributed by atoms with E-state index in [-0.39, 0.29) is 0 Å². The Morgan fingerprint density at radius 2 is 2.21 bits per heavy atom. The number of aliphatic hydroxyl groups is 1. The van der Waals surface area contributed by atoms with Gasteiger partial charge in [-0.15, -0.1) is 0 Å². The van der Waals surface area contributed by atoms with Crippen molar-refractivity contribution in [1.82, 2.24) is 4.98 Å². The minimum absolute atomic E-state index is 0.644. The normalized spacial score (nSPS) is 27.6. The summed E-state index contributed by atoms with van der Waals surface area (Å²) in [5, 5.41) is 12.1. The van der Waals surface area contributed by atoms with Crippen LogP contribution in [0.2, 0.25) is 0 Å². The Kier molecular flexibility index (Phi) is 3.28. The van der Waals surface area contributed by atoms with Gasteiger partial charge < -0.3 is 5.11 Å². The number of rotatable bonds is 2. The summed E-state index contributed by atoms with van der Waals surface area (Å²) in [6.45, 7) is 2.22. The zero-order valence-corrected chi connectivity index (χ0v) is 11.5. The fraction of sp³-hybridized carbons (Fsp3) is 0.471. The van der Waals surface area contributed by atoms with Crippen LogP contribution in [0.1, 0.15) is 44.6 Å². The van der Waals surface area contributed by atoms with Gasteiger partial charge in [0, 0.05) is 17.1 Å². The van der Waals surface area contributed by atoms with Crippen molar-refractivity contribution in [3.05, 3.63) is 42.1 Å². The summed E-state index contributed by atoms with van der Waals surface area (Å²) in [5.74, 6) is 0.644. The van der Waals surface area contributed by atoms with Crippen LogP contribution in [0.15, 0.2) is 36.5 Å². The molecule has 1 aromatic carbocycles. The van der Waals surface area contributed by atoms with Gasteiger partial charge >= 0.3 is 0 Å². The van der Waals surface area contributed by atoms with E-state index < -0.39 is 5.60 Å². The molecule has 0 amide bonds.